The number of hydrogen-bond donors (Lipinski definition) is 1. The summed E-state index contributed by atoms with van der Waals surface area (Å²) < 4.78 is 27.9. The van der Waals surface area contributed by atoms with Gasteiger partial charge in [0.1, 0.15) is 5.75 Å². The number of sulfone groups is 1. The van der Waals surface area contributed by atoms with Gasteiger partial charge in [-0.2, -0.15) is 0 Å². The van der Waals surface area contributed by atoms with Gasteiger partial charge >= 0.3 is 0 Å². The van der Waals surface area contributed by atoms with E-state index in [1.165, 1.54) is 0 Å². The first kappa shape index (κ1) is 18.8. The molecule has 0 bridgehead atoms. The molecule has 6 heteroatoms. The van der Waals surface area contributed by atoms with Crippen molar-refractivity contribution in [2.75, 3.05) is 25.2 Å². The van der Waals surface area contributed by atoms with Crippen molar-refractivity contribution < 1.29 is 17.9 Å². The van der Waals surface area contributed by atoms with Crippen LogP contribution < -0.4 is 10.1 Å². The second-order valence-corrected chi connectivity index (χ2v) is 8.87. The number of methoxy groups -OCH3 is 1. The molecule has 1 aromatic rings. The molecule has 0 spiro atoms. The smallest absolute Gasteiger partial charge is 0.220 e. The average Bonchev–Trinajstić information content (AvgIpc) is 2.90. The fourth-order valence-corrected chi connectivity index (χ4v) is 5.03. The summed E-state index contributed by atoms with van der Waals surface area (Å²) >= 11 is 0. The van der Waals surface area contributed by atoms with E-state index in [1.807, 2.05) is 31.2 Å². The topological polar surface area (TPSA) is 72.5 Å². The van der Waals surface area contributed by atoms with Crippen molar-refractivity contribution in [3.05, 3.63) is 29.8 Å². The van der Waals surface area contributed by atoms with Crippen LogP contribution in [0.1, 0.15) is 44.1 Å². The molecule has 1 heterocycles. The molecule has 0 aliphatic carbocycles. The van der Waals surface area contributed by atoms with Gasteiger partial charge in [0.2, 0.25) is 5.91 Å². The molecular formula is C18H27NO4S. The lowest BCUT2D eigenvalue weighted by atomic mass is 9.97. The van der Waals surface area contributed by atoms with Gasteiger partial charge < -0.3 is 10.1 Å². The predicted molar refractivity (Wildman–Crippen MR) is 95.0 cm³/mol. The Kier molecular flexibility index (Phi) is 6.66. The van der Waals surface area contributed by atoms with Gasteiger partial charge in [0.25, 0.3) is 0 Å². The average molecular weight is 353 g/mol. The Morgan fingerprint density at radius 1 is 1.33 bits per heavy atom. The fraction of sp³-hybridized carbons (Fsp3) is 0.611. The molecule has 1 aliphatic heterocycles. The number of ether oxygens (including phenoxy) is 1. The number of carbonyl (C=O) groups excluding carboxylic acids is 1. The Bertz CT molecular complexity index is 639. The highest BCUT2D eigenvalue weighted by molar-refractivity contribution is 7.91. The summed E-state index contributed by atoms with van der Waals surface area (Å²) in [6.45, 7) is 2.65. The predicted octanol–water partition coefficient (Wildman–Crippen LogP) is 2.52. The van der Waals surface area contributed by atoms with Crippen molar-refractivity contribution >= 4 is 15.7 Å². The van der Waals surface area contributed by atoms with Gasteiger partial charge in [-0.1, -0.05) is 19.1 Å². The summed E-state index contributed by atoms with van der Waals surface area (Å²) in [4.78, 5) is 12.0. The number of rotatable bonds is 8. The molecule has 134 valence electrons. The van der Waals surface area contributed by atoms with Gasteiger partial charge in [-0.25, -0.2) is 8.42 Å². The SMILES string of the molecule is COc1ccc(C(C)CC(=O)NCCCC2CCS(=O)(=O)C2)cc1. The molecule has 1 amide bonds. The molecule has 2 rings (SSSR count). The number of benzene rings is 1. The zero-order chi connectivity index (χ0) is 17.6. The third-order valence-electron chi connectivity index (χ3n) is 4.61. The first-order chi connectivity index (χ1) is 11.4. The minimum Gasteiger partial charge on any atom is -0.497 e. The summed E-state index contributed by atoms with van der Waals surface area (Å²) in [5.74, 6) is 1.90. The summed E-state index contributed by atoms with van der Waals surface area (Å²) in [7, 11) is -1.17. The Hall–Kier alpha value is -1.56. The van der Waals surface area contributed by atoms with Crippen LogP contribution in [0.25, 0.3) is 0 Å². The van der Waals surface area contributed by atoms with E-state index in [-0.39, 0.29) is 17.7 Å². The van der Waals surface area contributed by atoms with Crippen LogP contribution in [0.4, 0.5) is 0 Å². The number of amides is 1. The Labute approximate surface area is 144 Å². The quantitative estimate of drug-likeness (QED) is 0.729. The van der Waals surface area contributed by atoms with Crippen molar-refractivity contribution in [1.29, 1.82) is 0 Å². The van der Waals surface area contributed by atoms with E-state index in [0.717, 1.165) is 30.6 Å². The fourth-order valence-electron chi connectivity index (χ4n) is 3.12. The number of nitrogens with one attached hydrogen (secondary N) is 1. The highest BCUT2D eigenvalue weighted by atomic mass is 32.2. The molecule has 5 nitrogen and oxygen atoms in total. The molecule has 1 fully saturated rings. The molecule has 1 aliphatic rings. The molecular weight excluding hydrogens is 326 g/mol. The largest absolute Gasteiger partial charge is 0.497 e. The maximum Gasteiger partial charge on any atom is 0.220 e. The van der Waals surface area contributed by atoms with Crippen LogP contribution in [0.15, 0.2) is 24.3 Å². The molecule has 24 heavy (non-hydrogen) atoms. The van der Waals surface area contributed by atoms with Crippen LogP contribution >= 0.6 is 0 Å². The summed E-state index contributed by atoms with van der Waals surface area (Å²) in [6, 6.07) is 7.77. The summed E-state index contributed by atoms with van der Waals surface area (Å²) in [5.41, 5.74) is 1.11. The third-order valence-corrected chi connectivity index (χ3v) is 6.45. The van der Waals surface area contributed by atoms with E-state index >= 15 is 0 Å². The minimum atomic E-state index is -2.80. The second-order valence-electron chi connectivity index (χ2n) is 6.64. The summed E-state index contributed by atoms with van der Waals surface area (Å²) in [5, 5.41) is 2.94. The van der Waals surface area contributed by atoms with Crippen molar-refractivity contribution in [2.24, 2.45) is 5.92 Å². The van der Waals surface area contributed by atoms with E-state index in [4.69, 9.17) is 4.74 Å². The van der Waals surface area contributed by atoms with E-state index in [1.54, 1.807) is 7.11 Å². The zero-order valence-electron chi connectivity index (χ0n) is 14.5. The van der Waals surface area contributed by atoms with Gasteiger partial charge in [0.15, 0.2) is 9.84 Å². The van der Waals surface area contributed by atoms with Crippen LogP contribution in [0.3, 0.4) is 0 Å². The van der Waals surface area contributed by atoms with Gasteiger partial charge in [-0.05, 0) is 48.8 Å². The molecule has 0 radical (unpaired) electrons. The normalized spacial score (nSPS) is 20.5. The lowest BCUT2D eigenvalue weighted by molar-refractivity contribution is -0.121. The third kappa shape index (κ3) is 5.82. The van der Waals surface area contributed by atoms with Crippen molar-refractivity contribution in [3.8, 4) is 5.75 Å². The van der Waals surface area contributed by atoms with Crippen molar-refractivity contribution in [1.82, 2.24) is 5.32 Å². The Morgan fingerprint density at radius 3 is 2.62 bits per heavy atom. The maximum atomic E-state index is 12.0. The van der Waals surface area contributed by atoms with Crippen LogP contribution in [-0.2, 0) is 14.6 Å². The molecule has 2 unspecified atom stereocenters. The van der Waals surface area contributed by atoms with E-state index < -0.39 is 9.84 Å². The van der Waals surface area contributed by atoms with Crippen molar-refractivity contribution in [3.63, 3.8) is 0 Å². The second kappa shape index (κ2) is 8.51. The first-order valence-corrected chi connectivity index (χ1v) is 10.3. The van der Waals surface area contributed by atoms with Crippen LogP contribution in [0, 0.1) is 5.92 Å². The van der Waals surface area contributed by atoms with E-state index in [0.29, 0.717) is 24.5 Å². The molecule has 1 aromatic carbocycles. The van der Waals surface area contributed by atoms with Gasteiger partial charge in [0.05, 0.1) is 18.6 Å². The highest BCUT2D eigenvalue weighted by Crippen LogP contribution is 2.23. The molecule has 0 saturated carbocycles. The lowest BCUT2D eigenvalue weighted by Gasteiger charge is -2.13. The molecule has 2 atom stereocenters. The van der Waals surface area contributed by atoms with Crippen LogP contribution in [0.5, 0.6) is 5.75 Å². The van der Waals surface area contributed by atoms with Crippen LogP contribution in [0.2, 0.25) is 0 Å². The minimum absolute atomic E-state index is 0.0392. The molecule has 1 saturated heterocycles. The maximum absolute atomic E-state index is 12.0. The standard InChI is InChI=1S/C18H27NO4S/c1-14(16-5-7-17(23-2)8-6-16)12-18(20)19-10-3-4-15-9-11-24(21,22)13-15/h5-8,14-15H,3-4,9-13H2,1-2H3,(H,19,20). The molecule has 0 aromatic heterocycles. The van der Waals surface area contributed by atoms with E-state index in [2.05, 4.69) is 5.32 Å². The van der Waals surface area contributed by atoms with Crippen molar-refractivity contribution in [2.45, 2.75) is 38.5 Å². The van der Waals surface area contributed by atoms with Gasteiger partial charge in [0, 0.05) is 13.0 Å². The first-order valence-electron chi connectivity index (χ1n) is 8.50. The van der Waals surface area contributed by atoms with E-state index in [9.17, 15) is 13.2 Å². The Morgan fingerprint density at radius 2 is 2.04 bits per heavy atom. The number of hydrogen-bond acceptors (Lipinski definition) is 4. The van der Waals surface area contributed by atoms with Crippen LogP contribution in [-0.4, -0.2) is 39.5 Å². The Balaban J connectivity index is 1.65. The highest BCUT2D eigenvalue weighted by Gasteiger charge is 2.27. The lowest BCUT2D eigenvalue weighted by Crippen LogP contribution is -2.26. The molecule has 1 N–H and O–H groups in total. The summed E-state index contributed by atoms with van der Waals surface area (Å²) in [6.07, 6.45) is 2.92. The number of carbonyl (C=O) groups is 1. The van der Waals surface area contributed by atoms with Gasteiger partial charge in [-0.3, -0.25) is 4.79 Å². The van der Waals surface area contributed by atoms with Gasteiger partial charge in [-0.15, -0.1) is 0 Å². The zero-order valence-corrected chi connectivity index (χ0v) is 15.3. The monoisotopic (exact) mass is 353 g/mol.